The highest BCUT2D eigenvalue weighted by molar-refractivity contribution is 9.10. The second-order valence-electron chi connectivity index (χ2n) is 9.04. The van der Waals surface area contributed by atoms with Gasteiger partial charge in [-0.1, -0.05) is 118 Å². The zero-order valence-corrected chi connectivity index (χ0v) is 20.5. The standard InChI is InChI=1S/C28H40BrN/c1-2-3-4-5-6-7-8-9-10-11-12-13-14-15-16-23-17-20-27-26(21-23)25-19-18-24(29)22-28(25)30-27/h17-22,30H,2-16H2,1H3. The van der Waals surface area contributed by atoms with E-state index < -0.39 is 0 Å². The lowest BCUT2D eigenvalue weighted by atomic mass is 10.0. The van der Waals surface area contributed by atoms with Crippen molar-refractivity contribution >= 4 is 37.7 Å². The number of aromatic amines is 1. The fraction of sp³-hybridized carbons (Fsp3) is 0.571. The van der Waals surface area contributed by atoms with Gasteiger partial charge in [-0.2, -0.15) is 0 Å². The highest BCUT2D eigenvalue weighted by Crippen LogP contribution is 2.29. The first kappa shape index (κ1) is 23.4. The van der Waals surface area contributed by atoms with Crippen LogP contribution in [0.2, 0.25) is 0 Å². The fourth-order valence-electron chi connectivity index (χ4n) is 4.60. The molecule has 0 unspecified atom stereocenters. The van der Waals surface area contributed by atoms with Crippen LogP contribution in [0.5, 0.6) is 0 Å². The molecule has 0 saturated carbocycles. The first-order chi connectivity index (χ1) is 14.8. The Hall–Kier alpha value is -1.28. The molecule has 164 valence electrons. The molecule has 1 heterocycles. The number of fused-ring (bicyclic) bond motifs is 3. The van der Waals surface area contributed by atoms with E-state index in [0.717, 1.165) is 4.47 Å². The summed E-state index contributed by atoms with van der Waals surface area (Å²) in [5.41, 5.74) is 3.94. The van der Waals surface area contributed by atoms with Gasteiger partial charge in [-0.15, -0.1) is 0 Å². The summed E-state index contributed by atoms with van der Waals surface area (Å²) < 4.78 is 1.13. The van der Waals surface area contributed by atoms with Crippen LogP contribution in [0.25, 0.3) is 21.8 Å². The predicted molar refractivity (Wildman–Crippen MR) is 138 cm³/mol. The molecule has 1 aromatic heterocycles. The van der Waals surface area contributed by atoms with Gasteiger partial charge in [-0.05, 0) is 42.7 Å². The molecular weight excluding hydrogens is 430 g/mol. The number of H-pyrrole nitrogens is 1. The van der Waals surface area contributed by atoms with E-state index in [0.29, 0.717) is 0 Å². The van der Waals surface area contributed by atoms with Crippen molar-refractivity contribution in [3.63, 3.8) is 0 Å². The van der Waals surface area contributed by atoms with Gasteiger partial charge in [0.2, 0.25) is 0 Å². The minimum absolute atomic E-state index is 1.13. The van der Waals surface area contributed by atoms with Crippen molar-refractivity contribution in [2.24, 2.45) is 0 Å². The summed E-state index contributed by atoms with van der Waals surface area (Å²) in [5, 5.41) is 2.69. The van der Waals surface area contributed by atoms with Crippen molar-refractivity contribution in [1.29, 1.82) is 0 Å². The molecule has 0 aliphatic rings. The molecule has 0 aliphatic heterocycles. The summed E-state index contributed by atoms with van der Waals surface area (Å²) >= 11 is 3.57. The Bertz CT molecular complexity index is 879. The van der Waals surface area contributed by atoms with Gasteiger partial charge < -0.3 is 4.98 Å². The van der Waals surface area contributed by atoms with Crippen molar-refractivity contribution in [3.05, 3.63) is 46.4 Å². The molecule has 0 spiro atoms. The monoisotopic (exact) mass is 469 g/mol. The normalized spacial score (nSPS) is 11.7. The molecule has 0 saturated heterocycles. The Balaban J connectivity index is 1.25. The second-order valence-corrected chi connectivity index (χ2v) is 9.96. The van der Waals surface area contributed by atoms with Crippen LogP contribution in [-0.4, -0.2) is 4.98 Å². The van der Waals surface area contributed by atoms with E-state index in [1.807, 2.05) is 0 Å². The van der Waals surface area contributed by atoms with Crippen molar-refractivity contribution in [2.45, 2.75) is 103 Å². The van der Waals surface area contributed by atoms with Gasteiger partial charge >= 0.3 is 0 Å². The topological polar surface area (TPSA) is 15.8 Å². The van der Waals surface area contributed by atoms with Crippen LogP contribution in [0, 0.1) is 0 Å². The lowest BCUT2D eigenvalue weighted by Gasteiger charge is -2.04. The van der Waals surface area contributed by atoms with Crippen molar-refractivity contribution in [2.75, 3.05) is 0 Å². The Morgan fingerprint density at radius 2 is 1.20 bits per heavy atom. The zero-order chi connectivity index (χ0) is 21.0. The number of nitrogens with one attached hydrogen (secondary N) is 1. The van der Waals surface area contributed by atoms with Crippen LogP contribution in [0.1, 0.15) is 102 Å². The highest BCUT2D eigenvalue weighted by Gasteiger charge is 2.05. The predicted octanol–water partition coefficient (Wildman–Crippen LogP) is 10.1. The summed E-state index contributed by atoms with van der Waals surface area (Å²) in [6.45, 7) is 2.29. The van der Waals surface area contributed by atoms with Crippen molar-refractivity contribution < 1.29 is 0 Å². The molecular formula is C28H40BrN. The largest absolute Gasteiger partial charge is 0.354 e. The SMILES string of the molecule is CCCCCCCCCCCCCCCCc1ccc2[nH]c3cc(Br)ccc3c2c1. The van der Waals surface area contributed by atoms with E-state index in [1.165, 1.54) is 124 Å². The molecule has 2 heteroatoms. The molecule has 30 heavy (non-hydrogen) atoms. The van der Waals surface area contributed by atoms with Gasteiger partial charge in [-0.3, -0.25) is 0 Å². The maximum absolute atomic E-state index is 3.57. The van der Waals surface area contributed by atoms with Crippen molar-refractivity contribution in [3.8, 4) is 0 Å². The number of unbranched alkanes of at least 4 members (excludes halogenated alkanes) is 13. The van der Waals surface area contributed by atoms with E-state index in [9.17, 15) is 0 Å². The molecule has 1 nitrogen and oxygen atoms in total. The van der Waals surface area contributed by atoms with Crippen LogP contribution in [0.3, 0.4) is 0 Å². The quantitative estimate of drug-likeness (QED) is 0.213. The number of hydrogen-bond donors (Lipinski definition) is 1. The average Bonchev–Trinajstić information content (AvgIpc) is 3.10. The summed E-state index contributed by atoms with van der Waals surface area (Å²) in [7, 11) is 0. The maximum atomic E-state index is 3.57. The summed E-state index contributed by atoms with van der Waals surface area (Å²) in [6.07, 6.45) is 21.1. The molecule has 2 aromatic carbocycles. The van der Waals surface area contributed by atoms with E-state index in [-0.39, 0.29) is 0 Å². The lowest BCUT2D eigenvalue weighted by Crippen LogP contribution is -1.87. The molecule has 1 N–H and O–H groups in total. The maximum Gasteiger partial charge on any atom is 0.0476 e. The third kappa shape index (κ3) is 7.45. The number of benzene rings is 2. The van der Waals surface area contributed by atoms with Gasteiger partial charge in [0.05, 0.1) is 0 Å². The smallest absolute Gasteiger partial charge is 0.0476 e. The minimum Gasteiger partial charge on any atom is -0.354 e. The fourth-order valence-corrected chi connectivity index (χ4v) is 4.96. The third-order valence-corrected chi connectivity index (χ3v) is 6.94. The summed E-state index contributed by atoms with van der Waals surface area (Å²) in [4.78, 5) is 3.54. The van der Waals surface area contributed by atoms with E-state index in [1.54, 1.807) is 0 Å². The van der Waals surface area contributed by atoms with Gasteiger partial charge in [0.25, 0.3) is 0 Å². The van der Waals surface area contributed by atoms with Crippen LogP contribution in [0.15, 0.2) is 40.9 Å². The number of halogens is 1. The molecule has 3 aromatic rings. The molecule has 0 atom stereocenters. The Labute approximate surface area is 192 Å². The first-order valence-electron chi connectivity index (χ1n) is 12.5. The Morgan fingerprint density at radius 1 is 0.600 bits per heavy atom. The Morgan fingerprint density at radius 3 is 1.83 bits per heavy atom. The van der Waals surface area contributed by atoms with Crippen LogP contribution in [0.4, 0.5) is 0 Å². The Kier molecular flexibility index (Phi) is 10.3. The van der Waals surface area contributed by atoms with Gasteiger partial charge in [0, 0.05) is 26.3 Å². The number of rotatable bonds is 15. The lowest BCUT2D eigenvalue weighted by molar-refractivity contribution is 0.535. The zero-order valence-electron chi connectivity index (χ0n) is 18.9. The number of aromatic nitrogens is 1. The van der Waals surface area contributed by atoms with Gasteiger partial charge in [0.1, 0.15) is 0 Å². The molecule has 3 rings (SSSR count). The molecule has 0 fully saturated rings. The minimum atomic E-state index is 1.13. The summed E-state index contributed by atoms with van der Waals surface area (Å²) in [5.74, 6) is 0. The number of aryl methyl sites for hydroxylation is 1. The molecule has 0 amide bonds. The molecule has 0 aliphatic carbocycles. The van der Waals surface area contributed by atoms with Gasteiger partial charge in [-0.25, -0.2) is 0 Å². The molecule has 0 radical (unpaired) electrons. The number of hydrogen-bond acceptors (Lipinski definition) is 0. The molecule has 0 bridgehead atoms. The van der Waals surface area contributed by atoms with Crippen LogP contribution in [-0.2, 0) is 6.42 Å². The van der Waals surface area contributed by atoms with Crippen LogP contribution >= 0.6 is 15.9 Å². The average molecular weight is 471 g/mol. The van der Waals surface area contributed by atoms with Gasteiger partial charge in [0.15, 0.2) is 0 Å². The van der Waals surface area contributed by atoms with E-state index in [4.69, 9.17) is 0 Å². The second kappa shape index (κ2) is 13.2. The first-order valence-corrected chi connectivity index (χ1v) is 13.3. The van der Waals surface area contributed by atoms with E-state index in [2.05, 4.69) is 64.2 Å². The summed E-state index contributed by atoms with van der Waals surface area (Å²) in [6, 6.07) is 13.5. The van der Waals surface area contributed by atoms with E-state index >= 15 is 0 Å². The highest BCUT2D eigenvalue weighted by atomic mass is 79.9. The third-order valence-electron chi connectivity index (χ3n) is 6.44. The van der Waals surface area contributed by atoms with Crippen LogP contribution < -0.4 is 0 Å². The van der Waals surface area contributed by atoms with Crippen molar-refractivity contribution in [1.82, 2.24) is 4.98 Å².